The zero-order chi connectivity index (χ0) is 18.1. The molecule has 0 saturated carbocycles. The second kappa shape index (κ2) is 6.30. The standard InChI is InChI=1S/C16H11ClN4O4/c1-8-11(6-18)13(21(16(23)24)15(22)20-8)12-14(25-7-19-12)9-2-4-10(17)5-3-9/h2-5,7,13H,1H3,(H,20,22)(H,23,24). The van der Waals surface area contributed by atoms with Crippen molar-refractivity contribution in [1.82, 2.24) is 15.2 Å². The number of nitrogens with zero attached hydrogens (tertiary/aromatic N) is 3. The zero-order valence-electron chi connectivity index (χ0n) is 12.9. The molecule has 3 rings (SSSR count). The first kappa shape index (κ1) is 16.5. The number of carbonyl (C=O) groups is 2. The van der Waals surface area contributed by atoms with Gasteiger partial charge in [-0.3, -0.25) is 0 Å². The van der Waals surface area contributed by atoms with Crippen LogP contribution in [0.4, 0.5) is 9.59 Å². The quantitative estimate of drug-likeness (QED) is 0.847. The average Bonchev–Trinajstić information content (AvgIpc) is 3.03. The molecular formula is C16H11ClN4O4. The first-order valence-corrected chi connectivity index (χ1v) is 7.45. The third-order valence-corrected chi connectivity index (χ3v) is 3.99. The van der Waals surface area contributed by atoms with Gasteiger partial charge in [0.15, 0.2) is 12.2 Å². The number of nitriles is 1. The van der Waals surface area contributed by atoms with E-state index in [-0.39, 0.29) is 22.7 Å². The van der Waals surface area contributed by atoms with Gasteiger partial charge in [0.25, 0.3) is 0 Å². The SMILES string of the molecule is CC1=C(C#N)C(c2ncoc2-c2ccc(Cl)cc2)N(C(=O)O)C(=O)N1. The van der Waals surface area contributed by atoms with Crippen molar-refractivity contribution in [3.8, 4) is 17.4 Å². The van der Waals surface area contributed by atoms with Crippen LogP contribution in [0.25, 0.3) is 11.3 Å². The summed E-state index contributed by atoms with van der Waals surface area (Å²) in [6, 6.07) is 6.49. The molecule has 1 atom stereocenters. The van der Waals surface area contributed by atoms with Gasteiger partial charge < -0.3 is 14.8 Å². The van der Waals surface area contributed by atoms with Crippen LogP contribution in [0.15, 0.2) is 46.3 Å². The van der Waals surface area contributed by atoms with Gasteiger partial charge in [-0.05, 0) is 31.2 Å². The summed E-state index contributed by atoms with van der Waals surface area (Å²) in [5.41, 5.74) is 1.06. The van der Waals surface area contributed by atoms with E-state index in [1.165, 1.54) is 6.92 Å². The van der Waals surface area contributed by atoms with Crippen molar-refractivity contribution in [1.29, 1.82) is 5.26 Å². The number of allylic oxidation sites excluding steroid dienone is 1. The molecular weight excluding hydrogens is 348 g/mol. The second-order valence-corrected chi connectivity index (χ2v) is 5.65. The minimum absolute atomic E-state index is 0.0612. The lowest BCUT2D eigenvalue weighted by molar-refractivity contribution is 0.135. The van der Waals surface area contributed by atoms with Gasteiger partial charge in [0.1, 0.15) is 11.7 Å². The summed E-state index contributed by atoms with van der Waals surface area (Å²) in [6.07, 6.45) is -0.372. The Morgan fingerprint density at radius 1 is 1.44 bits per heavy atom. The maximum atomic E-state index is 12.1. The predicted octanol–water partition coefficient (Wildman–Crippen LogP) is 3.54. The number of rotatable bonds is 2. The molecule has 1 aliphatic rings. The van der Waals surface area contributed by atoms with Crippen LogP contribution in [0.1, 0.15) is 18.7 Å². The Morgan fingerprint density at radius 3 is 2.72 bits per heavy atom. The van der Waals surface area contributed by atoms with Crippen molar-refractivity contribution in [3.63, 3.8) is 0 Å². The van der Waals surface area contributed by atoms with Crippen LogP contribution in [0.3, 0.4) is 0 Å². The van der Waals surface area contributed by atoms with Crippen LogP contribution in [-0.4, -0.2) is 27.1 Å². The number of halogens is 1. The molecule has 2 aromatic rings. The molecule has 0 saturated heterocycles. The number of urea groups is 1. The summed E-state index contributed by atoms with van der Waals surface area (Å²) in [4.78, 5) is 28.3. The van der Waals surface area contributed by atoms with Gasteiger partial charge >= 0.3 is 12.1 Å². The molecule has 0 fully saturated rings. The molecule has 1 aromatic carbocycles. The highest BCUT2D eigenvalue weighted by atomic mass is 35.5. The lowest BCUT2D eigenvalue weighted by atomic mass is 9.96. The number of aromatic nitrogens is 1. The van der Waals surface area contributed by atoms with Gasteiger partial charge in [-0.1, -0.05) is 11.6 Å². The first-order chi connectivity index (χ1) is 11.9. The van der Waals surface area contributed by atoms with Crippen molar-refractivity contribution in [2.24, 2.45) is 0 Å². The van der Waals surface area contributed by atoms with Crippen molar-refractivity contribution >= 4 is 23.7 Å². The Morgan fingerprint density at radius 2 is 2.12 bits per heavy atom. The number of hydrogen-bond donors (Lipinski definition) is 2. The normalized spacial score (nSPS) is 17.2. The summed E-state index contributed by atoms with van der Waals surface area (Å²) < 4.78 is 5.40. The van der Waals surface area contributed by atoms with E-state index in [1.54, 1.807) is 24.3 Å². The number of nitrogens with one attached hydrogen (secondary N) is 1. The predicted molar refractivity (Wildman–Crippen MR) is 86.4 cm³/mol. The summed E-state index contributed by atoms with van der Waals surface area (Å²) in [7, 11) is 0. The van der Waals surface area contributed by atoms with Gasteiger partial charge in [-0.25, -0.2) is 19.5 Å². The third kappa shape index (κ3) is 2.81. The van der Waals surface area contributed by atoms with Gasteiger partial charge in [0.2, 0.25) is 0 Å². The summed E-state index contributed by atoms with van der Waals surface area (Å²) in [5.74, 6) is 0.253. The maximum absolute atomic E-state index is 12.1. The summed E-state index contributed by atoms with van der Waals surface area (Å²) in [5, 5.41) is 21.8. The Labute approximate surface area is 146 Å². The molecule has 1 aromatic heterocycles. The molecule has 0 radical (unpaired) electrons. The Bertz CT molecular complexity index is 926. The minimum Gasteiger partial charge on any atom is -0.465 e. The molecule has 8 nitrogen and oxygen atoms in total. The summed E-state index contributed by atoms with van der Waals surface area (Å²) >= 11 is 5.87. The third-order valence-electron chi connectivity index (χ3n) is 3.74. The average molecular weight is 359 g/mol. The molecule has 126 valence electrons. The molecule has 1 unspecified atom stereocenters. The highest BCUT2D eigenvalue weighted by molar-refractivity contribution is 6.30. The Kier molecular flexibility index (Phi) is 4.17. The largest absolute Gasteiger partial charge is 0.465 e. The van der Waals surface area contributed by atoms with E-state index < -0.39 is 18.2 Å². The highest BCUT2D eigenvalue weighted by Crippen LogP contribution is 2.38. The highest BCUT2D eigenvalue weighted by Gasteiger charge is 2.41. The number of amides is 3. The zero-order valence-corrected chi connectivity index (χ0v) is 13.6. The van der Waals surface area contributed by atoms with Crippen LogP contribution in [0.5, 0.6) is 0 Å². The topological polar surface area (TPSA) is 119 Å². The molecule has 0 aliphatic carbocycles. The fourth-order valence-electron chi connectivity index (χ4n) is 2.61. The van der Waals surface area contributed by atoms with Gasteiger partial charge in [-0.2, -0.15) is 5.26 Å². The maximum Gasteiger partial charge on any atom is 0.416 e. The summed E-state index contributed by atoms with van der Waals surface area (Å²) in [6.45, 7) is 1.52. The number of imide groups is 1. The van der Waals surface area contributed by atoms with E-state index in [4.69, 9.17) is 16.0 Å². The molecule has 25 heavy (non-hydrogen) atoms. The number of carbonyl (C=O) groups excluding carboxylic acids is 1. The molecule has 2 heterocycles. The minimum atomic E-state index is -1.51. The van der Waals surface area contributed by atoms with Gasteiger partial charge in [0.05, 0.1) is 11.6 Å². The Balaban J connectivity index is 2.19. The van der Waals surface area contributed by atoms with E-state index in [2.05, 4.69) is 10.3 Å². The van der Waals surface area contributed by atoms with Gasteiger partial charge in [0, 0.05) is 16.3 Å². The lowest BCUT2D eigenvalue weighted by Crippen LogP contribution is -2.49. The Hall–Kier alpha value is -3.31. The van der Waals surface area contributed by atoms with Crippen LogP contribution < -0.4 is 5.32 Å². The molecule has 3 amide bonds. The van der Waals surface area contributed by atoms with Crippen molar-refractivity contribution in [2.75, 3.05) is 0 Å². The lowest BCUT2D eigenvalue weighted by Gasteiger charge is -2.31. The van der Waals surface area contributed by atoms with E-state index in [0.717, 1.165) is 6.39 Å². The van der Waals surface area contributed by atoms with Crippen LogP contribution >= 0.6 is 11.6 Å². The van der Waals surface area contributed by atoms with Crippen molar-refractivity contribution < 1.29 is 19.1 Å². The van der Waals surface area contributed by atoms with Gasteiger partial charge in [-0.15, -0.1) is 0 Å². The second-order valence-electron chi connectivity index (χ2n) is 5.21. The van der Waals surface area contributed by atoms with E-state index in [9.17, 15) is 20.0 Å². The monoisotopic (exact) mass is 358 g/mol. The molecule has 2 N–H and O–H groups in total. The number of hydrogen-bond acceptors (Lipinski definition) is 5. The van der Waals surface area contributed by atoms with E-state index >= 15 is 0 Å². The van der Waals surface area contributed by atoms with Crippen LogP contribution in [0.2, 0.25) is 5.02 Å². The molecule has 1 aliphatic heterocycles. The fraction of sp³-hybridized carbons (Fsp3) is 0.125. The van der Waals surface area contributed by atoms with Crippen LogP contribution in [-0.2, 0) is 0 Å². The number of benzene rings is 1. The van der Waals surface area contributed by atoms with E-state index in [1.807, 2.05) is 6.07 Å². The number of carboxylic acid groups (broad SMARTS) is 1. The molecule has 0 bridgehead atoms. The molecule has 9 heteroatoms. The first-order valence-electron chi connectivity index (χ1n) is 7.07. The number of oxazole rings is 1. The van der Waals surface area contributed by atoms with Crippen LogP contribution in [0, 0.1) is 11.3 Å². The van der Waals surface area contributed by atoms with Crippen molar-refractivity contribution in [3.05, 3.63) is 52.6 Å². The smallest absolute Gasteiger partial charge is 0.416 e. The molecule has 0 spiro atoms. The fourth-order valence-corrected chi connectivity index (χ4v) is 2.73. The van der Waals surface area contributed by atoms with Crippen molar-refractivity contribution in [2.45, 2.75) is 13.0 Å². The van der Waals surface area contributed by atoms with E-state index in [0.29, 0.717) is 15.5 Å².